The Balaban J connectivity index is 1.69. The first kappa shape index (κ1) is 23.1. The summed E-state index contributed by atoms with van der Waals surface area (Å²) in [7, 11) is 1.32. The Bertz CT molecular complexity index is 1080. The Labute approximate surface area is 194 Å². The molecule has 0 fully saturated rings. The summed E-state index contributed by atoms with van der Waals surface area (Å²) in [5.74, 6) is -0.0257. The van der Waals surface area contributed by atoms with E-state index < -0.39 is 5.97 Å². The molecule has 31 heavy (non-hydrogen) atoms. The molecular formula is C23H21Cl2NO4S. The molecule has 0 aliphatic heterocycles. The van der Waals surface area contributed by atoms with Crippen LogP contribution in [0, 0.1) is 6.92 Å². The van der Waals surface area contributed by atoms with Crippen molar-refractivity contribution in [2.75, 3.05) is 19.0 Å². The van der Waals surface area contributed by atoms with Gasteiger partial charge in [0.2, 0.25) is 5.91 Å². The minimum absolute atomic E-state index is 0.205. The van der Waals surface area contributed by atoms with Gasteiger partial charge in [-0.2, -0.15) is 0 Å². The lowest BCUT2D eigenvalue weighted by Crippen LogP contribution is -2.14. The lowest BCUT2D eigenvalue weighted by Gasteiger charge is -2.09. The predicted molar refractivity (Wildman–Crippen MR) is 126 cm³/mol. The zero-order valence-electron chi connectivity index (χ0n) is 17.0. The topological polar surface area (TPSA) is 64.6 Å². The Morgan fingerprint density at radius 3 is 2.48 bits per heavy atom. The van der Waals surface area contributed by atoms with E-state index in [0.717, 1.165) is 10.4 Å². The van der Waals surface area contributed by atoms with Gasteiger partial charge in [0.1, 0.15) is 16.3 Å². The fourth-order valence-corrected chi connectivity index (χ4v) is 4.46. The van der Waals surface area contributed by atoms with E-state index in [2.05, 4.69) is 5.32 Å². The van der Waals surface area contributed by atoms with Gasteiger partial charge in [-0.1, -0.05) is 35.3 Å². The number of esters is 1. The molecule has 8 heteroatoms. The van der Waals surface area contributed by atoms with Crippen molar-refractivity contribution in [3.63, 3.8) is 0 Å². The highest BCUT2D eigenvalue weighted by molar-refractivity contribution is 7.17. The highest BCUT2D eigenvalue weighted by Gasteiger charge is 2.25. The van der Waals surface area contributed by atoms with Crippen molar-refractivity contribution < 1.29 is 19.1 Å². The summed E-state index contributed by atoms with van der Waals surface area (Å²) in [4.78, 5) is 25.9. The molecule has 0 saturated heterocycles. The maximum atomic E-state index is 12.5. The molecule has 1 amide bonds. The van der Waals surface area contributed by atoms with Crippen LogP contribution in [0.25, 0.3) is 11.1 Å². The number of carbonyl (C=O) groups excluding carboxylic acids is 2. The summed E-state index contributed by atoms with van der Waals surface area (Å²) in [6.45, 7) is 2.28. The van der Waals surface area contributed by atoms with Gasteiger partial charge >= 0.3 is 5.97 Å². The van der Waals surface area contributed by atoms with Crippen LogP contribution in [0.2, 0.25) is 10.0 Å². The van der Waals surface area contributed by atoms with Gasteiger partial charge in [0.25, 0.3) is 0 Å². The van der Waals surface area contributed by atoms with Crippen LogP contribution >= 0.6 is 34.5 Å². The number of thiophene rings is 1. The molecule has 0 atom stereocenters. The Morgan fingerprint density at radius 2 is 1.81 bits per heavy atom. The fraction of sp³-hybridized carbons (Fsp3) is 0.217. The first-order valence-electron chi connectivity index (χ1n) is 9.55. The number of methoxy groups -OCH3 is 1. The van der Waals surface area contributed by atoms with Crippen molar-refractivity contribution in [1.82, 2.24) is 0 Å². The molecule has 3 rings (SSSR count). The summed E-state index contributed by atoms with van der Waals surface area (Å²) < 4.78 is 10.6. The highest BCUT2D eigenvalue weighted by atomic mass is 35.5. The molecule has 0 spiro atoms. The molecule has 0 aliphatic rings. The maximum absolute atomic E-state index is 12.5. The normalized spacial score (nSPS) is 10.6. The third-order valence-electron chi connectivity index (χ3n) is 4.47. The second kappa shape index (κ2) is 10.7. The van der Waals surface area contributed by atoms with Gasteiger partial charge in [-0.25, -0.2) is 4.79 Å². The number of rotatable bonds is 8. The number of benzene rings is 2. The van der Waals surface area contributed by atoms with Crippen LogP contribution in [0.15, 0.2) is 48.5 Å². The van der Waals surface area contributed by atoms with Crippen LogP contribution < -0.4 is 10.1 Å². The van der Waals surface area contributed by atoms with Gasteiger partial charge in [-0.05, 0) is 55.3 Å². The zero-order valence-corrected chi connectivity index (χ0v) is 19.4. The van der Waals surface area contributed by atoms with Crippen molar-refractivity contribution in [3.05, 3.63) is 69.0 Å². The van der Waals surface area contributed by atoms with Crippen LogP contribution in [0.3, 0.4) is 0 Å². The number of aryl methyl sites for hydroxylation is 1. The molecule has 1 heterocycles. The first-order valence-corrected chi connectivity index (χ1v) is 11.1. The molecule has 1 N–H and O–H groups in total. The van der Waals surface area contributed by atoms with Gasteiger partial charge in [-0.15, -0.1) is 11.3 Å². The second-order valence-electron chi connectivity index (χ2n) is 6.69. The fourth-order valence-electron chi connectivity index (χ4n) is 3.06. The number of anilines is 1. The van der Waals surface area contributed by atoms with Crippen LogP contribution in [0.1, 0.15) is 28.1 Å². The Morgan fingerprint density at radius 1 is 1.06 bits per heavy atom. The number of halogens is 2. The molecule has 1 aromatic heterocycles. The minimum atomic E-state index is -0.513. The van der Waals surface area contributed by atoms with Crippen LogP contribution in [0.4, 0.5) is 5.00 Å². The first-order chi connectivity index (χ1) is 14.9. The van der Waals surface area contributed by atoms with Crippen molar-refractivity contribution in [2.45, 2.75) is 19.8 Å². The van der Waals surface area contributed by atoms with Gasteiger partial charge in [-0.3, -0.25) is 4.79 Å². The summed E-state index contributed by atoms with van der Waals surface area (Å²) in [6.07, 6.45) is 0.769. The number of hydrogen-bond acceptors (Lipinski definition) is 5. The second-order valence-corrected chi connectivity index (χ2v) is 8.79. The molecule has 0 radical (unpaired) electrons. The van der Waals surface area contributed by atoms with Crippen molar-refractivity contribution in [1.29, 1.82) is 0 Å². The van der Waals surface area contributed by atoms with Crippen molar-refractivity contribution >= 4 is 51.4 Å². The van der Waals surface area contributed by atoms with Gasteiger partial charge < -0.3 is 14.8 Å². The number of ether oxygens (including phenoxy) is 2. The van der Waals surface area contributed by atoms with E-state index >= 15 is 0 Å². The quantitative estimate of drug-likeness (QED) is 0.292. The molecule has 0 bridgehead atoms. The Hall–Kier alpha value is -2.54. The molecule has 5 nitrogen and oxygen atoms in total. The third-order valence-corrected chi connectivity index (χ3v) is 5.98. The van der Waals surface area contributed by atoms with E-state index in [0.29, 0.717) is 45.0 Å². The molecule has 162 valence electrons. The predicted octanol–water partition coefficient (Wildman–Crippen LogP) is 6.61. The van der Waals surface area contributed by atoms with E-state index in [1.165, 1.54) is 18.4 Å². The maximum Gasteiger partial charge on any atom is 0.341 e. The van der Waals surface area contributed by atoms with E-state index in [-0.39, 0.29) is 12.3 Å². The molecule has 3 aromatic rings. The van der Waals surface area contributed by atoms with Crippen LogP contribution in [-0.2, 0) is 9.53 Å². The molecule has 0 saturated carbocycles. The minimum Gasteiger partial charge on any atom is -0.494 e. The highest BCUT2D eigenvalue weighted by Crippen LogP contribution is 2.41. The number of amides is 1. The SMILES string of the molecule is COC(=O)c1c(NC(=O)CCCOc2ccc(Cl)cc2)sc(C)c1-c1cccc(Cl)c1. The standard InChI is InChI=1S/C23H21Cl2NO4S/c1-14-20(15-5-3-6-17(25)13-15)21(23(28)29-2)22(31-14)26-19(27)7-4-12-30-18-10-8-16(24)9-11-18/h3,5-6,8-11,13H,4,7,12H2,1-2H3,(H,26,27). The van der Waals surface area contributed by atoms with Crippen molar-refractivity contribution in [3.8, 4) is 16.9 Å². The molecule has 0 unspecified atom stereocenters. The Kier molecular flexibility index (Phi) is 7.96. The van der Waals surface area contributed by atoms with Crippen LogP contribution in [0.5, 0.6) is 5.75 Å². The number of carbonyl (C=O) groups is 2. The average Bonchev–Trinajstić information content (AvgIpc) is 3.07. The third kappa shape index (κ3) is 6.00. The molecule has 0 aliphatic carbocycles. The summed E-state index contributed by atoms with van der Waals surface area (Å²) in [6, 6.07) is 14.3. The van der Waals surface area contributed by atoms with E-state index in [1.807, 2.05) is 19.1 Å². The van der Waals surface area contributed by atoms with Crippen molar-refractivity contribution in [2.24, 2.45) is 0 Å². The lowest BCUT2D eigenvalue weighted by molar-refractivity contribution is -0.116. The average molecular weight is 478 g/mol. The van der Waals surface area contributed by atoms with Gasteiger partial charge in [0.05, 0.1) is 13.7 Å². The molecular weight excluding hydrogens is 457 g/mol. The number of nitrogens with one attached hydrogen (secondary N) is 1. The van der Waals surface area contributed by atoms with E-state index in [9.17, 15) is 9.59 Å². The smallest absolute Gasteiger partial charge is 0.341 e. The van der Waals surface area contributed by atoms with E-state index in [1.54, 1.807) is 36.4 Å². The van der Waals surface area contributed by atoms with Crippen LogP contribution in [-0.4, -0.2) is 25.6 Å². The van der Waals surface area contributed by atoms with E-state index in [4.69, 9.17) is 32.7 Å². The van der Waals surface area contributed by atoms with Gasteiger partial charge in [0, 0.05) is 26.9 Å². The lowest BCUT2D eigenvalue weighted by atomic mass is 10.0. The zero-order chi connectivity index (χ0) is 22.4. The summed E-state index contributed by atoms with van der Waals surface area (Å²) in [5.41, 5.74) is 1.83. The monoisotopic (exact) mass is 477 g/mol. The summed E-state index contributed by atoms with van der Waals surface area (Å²) >= 11 is 13.3. The van der Waals surface area contributed by atoms with Gasteiger partial charge in [0.15, 0.2) is 0 Å². The largest absolute Gasteiger partial charge is 0.494 e. The summed E-state index contributed by atoms with van der Waals surface area (Å²) in [5, 5.41) is 4.51. The number of hydrogen-bond donors (Lipinski definition) is 1. The molecule has 2 aromatic carbocycles.